The van der Waals surface area contributed by atoms with Crippen LogP contribution in [0, 0.1) is 6.92 Å². The topological polar surface area (TPSA) is 24.1 Å². The molecule has 1 aliphatic rings. The van der Waals surface area contributed by atoms with Gasteiger partial charge in [0.05, 0.1) is 0 Å². The van der Waals surface area contributed by atoms with Gasteiger partial charge in [0, 0.05) is 18.3 Å². The minimum atomic E-state index is 0.603. The molecular formula is C12H18N2. The largest absolute Gasteiger partial charge is 0.381 e. The Balaban J connectivity index is 1.92. The molecule has 1 saturated heterocycles. The minimum Gasteiger partial charge on any atom is -0.381 e. The molecule has 2 heteroatoms. The Morgan fingerprint density at radius 2 is 2.07 bits per heavy atom. The highest BCUT2D eigenvalue weighted by Crippen LogP contribution is 2.13. The van der Waals surface area contributed by atoms with E-state index in [1.807, 2.05) is 0 Å². The zero-order valence-electron chi connectivity index (χ0n) is 8.72. The third-order valence-electron chi connectivity index (χ3n) is 2.72. The molecule has 2 nitrogen and oxygen atoms in total. The molecule has 0 bridgehead atoms. The van der Waals surface area contributed by atoms with E-state index in [1.54, 1.807) is 0 Å². The predicted molar refractivity (Wildman–Crippen MR) is 60.7 cm³/mol. The third-order valence-corrected chi connectivity index (χ3v) is 2.72. The summed E-state index contributed by atoms with van der Waals surface area (Å²) < 4.78 is 0. The van der Waals surface area contributed by atoms with Gasteiger partial charge in [0.25, 0.3) is 0 Å². The van der Waals surface area contributed by atoms with Crippen molar-refractivity contribution in [2.24, 2.45) is 0 Å². The SMILES string of the molecule is Cc1ccc(N[C@@H]2CCCNC2)cc1. The van der Waals surface area contributed by atoms with Crippen molar-refractivity contribution in [2.75, 3.05) is 18.4 Å². The monoisotopic (exact) mass is 190 g/mol. The van der Waals surface area contributed by atoms with Gasteiger partial charge >= 0.3 is 0 Å². The van der Waals surface area contributed by atoms with Gasteiger partial charge in [0.15, 0.2) is 0 Å². The van der Waals surface area contributed by atoms with Crippen molar-refractivity contribution in [1.82, 2.24) is 5.32 Å². The molecule has 14 heavy (non-hydrogen) atoms. The average Bonchev–Trinajstić information content (AvgIpc) is 2.23. The zero-order chi connectivity index (χ0) is 9.80. The molecule has 1 heterocycles. The van der Waals surface area contributed by atoms with Gasteiger partial charge in [0.1, 0.15) is 0 Å². The van der Waals surface area contributed by atoms with Gasteiger partial charge in [-0.1, -0.05) is 17.7 Å². The molecule has 2 N–H and O–H groups in total. The van der Waals surface area contributed by atoms with E-state index in [2.05, 4.69) is 41.8 Å². The predicted octanol–water partition coefficient (Wildman–Crippen LogP) is 2.16. The summed E-state index contributed by atoms with van der Waals surface area (Å²) in [6, 6.07) is 9.22. The van der Waals surface area contributed by atoms with Crippen LogP contribution in [0.1, 0.15) is 18.4 Å². The maximum atomic E-state index is 3.55. The number of benzene rings is 1. The molecular weight excluding hydrogens is 172 g/mol. The van der Waals surface area contributed by atoms with Crippen molar-refractivity contribution in [3.8, 4) is 0 Å². The smallest absolute Gasteiger partial charge is 0.0386 e. The van der Waals surface area contributed by atoms with E-state index in [0.717, 1.165) is 6.54 Å². The molecule has 0 aliphatic carbocycles. The fraction of sp³-hybridized carbons (Fsp3) is 0.500. The highest BCUT2D eigenvalue weighted by molar-refractivity contribution is 5.45. The fourth-order valence-corrected chi connectivity index (χ4v) is 1.86. The van der Waals surface area contributed by atoms with E-state index in [-0.39, 0.29) is 0 Å². The Labute approximate surface area is 85.7 Å². The van der Waals surface area contributed by atoms with Crippen molar-refractivity contribution < 1.29 is 0 Å². The minimum absolute atomic E-state index is 0.603. The lowest BCUT2D eigenvalue weighted by atomic mass is 10.1. The van der Waals surface area contributed by atoms with Gasteiger partial charge < -0.3 is 10.6 Å². The quantitative estimate of drug-likeness (QED) is 0.746. The molecule has 76 valence electrons. The van der Waals surface area contributed by atoms with Crippen LogP contribution in [0.25, 0.3) is 0 Å². The molecule has 0 aromatic heterocycles. The van der Waals surface area contributed by atoms with Crippen LogP contribution in [-0.2, 0) is 0 Å². The first-order chi connectivity index (χ1) is 6.84. The first-order valence-corrected chi connectivity index (χ1v) is 5.38. The standard InChI is InChI=1S/C12H18N2/c1-10-4-6-11(7-5-10)14-12-3-2-8-13-9-12/h4-7,12-14H,2-3,8-9H2,1H3/t12-/m1/s1. The van der Waals surface area contributed by atoms with Gasteiger partial charge in [-0.2, -0.15) is 0 Å². The van der Waals surface area contributed by atoms with E-state index in [0.29, 0.717) is 6.04 Å². The van der Waals surface area contributed by atoms with Gasteiger partial charge in [-0.05, 0) is 38.4 Å². The number of nitrogens with one attached hydrogen (secondary N) is 2. The molecule has 1 atom stereocenters. The van der Waals surface area contributed by atoms with Crippen LogP contribution in [0.2, 0.25) is 0 Å². The highest BCUT2D eigenvalue weighted by atomic mass is 15.0. The normalized spacial score (nSPS) is 21.9. The van der Waals surface area contributed by atoms with Crippen molar-refractivity contribution >= 4 is 5.69 Å². The summed E-state index contributed by atoms with van der Waals surface area (Å²) in [7, 11) is 0. The van der Waals surface area contributed by atoms with E-state index in [4.69, 9.17) is 0 Å². The molecule has 0 unspecified atom stereocenters. The summed E-state index contributed by atoms with van der Waals surface area (Å²) in [6.07, 6.45) is 2.56. The van der Waals surface area contributed by atoms with Gasteiger partial charge in [-0.25, -0.2) is 0 Å². The summed E-state index contributed by atoms with van der Waals surface area (Å²) in [4.78, 5) is 0. The molecule has 0 saturated carbocycles. The molecule has 2 rings (SSSR count). The van der Waals surface area contributed by atoms with E-state index in [9.17, 15) is 0 Å². The van der Waals surface area contributed by atoms with Gasteiger partial charge in [-0.3, -0.25) is 0 Å². The van der Waals surface area contributed by atoms with Crippen LogP contribution in [-0.4, -0.2) is 19.1 Å². The molecule has 1 aromatic rings. The summed E-state index contributed by atoms with van der Waals surface area (Å²) in [5.74, 6) is 0. The molecule has 1 fully saturated rings. The Hall–Kier alpha value is -1.02. The van der Waals surface area contributed by atoms with Crippen LogP contribution in [0.4, 0.5) is 5.69 Å². The van der Waals surface area contributed by atoms with Crippen molar-refractivity contribution in [3.05, 3.63) is 29.8 Å². The maximum Gasteiger partial charge on any atom is 0.0386 e. The molecule has 0 spiro atoms. The number of anilines is 1. The first kappa shape index (κ1) is 9.53. The summed E-state index contributed by atoms with van der Waals surface area (Å²) >= 11 is 0. The second kappa shape index (κ2) is 4.47. The lowest BCUT2D eigenvalue weighted by Crippen LogP contribution is -2.38. The van der Waals surface area contributed by atoms with Crippen molar-refractivity contribution in [1.29, 1.82) is 0 Å². The van der Waals surface area contributed by atoms with Crippen LogP contribution in [0.3, 0.4) is 0 Å². The molecule has 0 radical (unpaired) electrons. The number of hydrogen-bond donors (Lipinski definition) is 2. The molecule has 1 aromatic carbocycles. The Bertz CT molecular complexity index is 273. The third kappa shape index (κ3) is 2.48. The number of piperidine rings is 1. The Kier molecular flexibility index (Phi) is 3.04. The maximum absolute atomic E-state index is 3.55. The first-order valence-electron chi connectivity index (χ1n) is 5.38. The van der Waals surface area contributed by atoms with E-state index in [1.165, 1.54) is 30.6 Å². The number of hydrogen-bond acceptors (Lipinski definition) is 2. The summed E-state index contributed by atoms with van der Waals surface area (Å²) in [5, 5.41) is 6.95. The lowest BCUT2D eigenvalue weighted by molar-refractivity contribution is 0.480. The van der Waals surface area contributed by atoms with Crippen molar-refractivity contribution in [2.45, 2.75) is 25.8 Å². The molecule has 0 amide bonds. The van der Waals surface area contributed by atoms with Crippen LogP contribution in [0.5, 0.6) is 0 Å². The second-order valence-corrected chi connectivity index (χ2v) is 4.05. The number of rotatable bonds is 2. The van der Waals surface area contributed by atoms with Crippen LogP contribution < -0.4 is 10.6 Å². The lowest BCUT2D eigenvalue weighted by Gasteiger charge is -2.24. The fourth-order valence-electron chi connectivity index (χ4n) is 1.86. The molecule has 1 aliphatic heterocycles. The van der Waals surface area contributed by atoms with Crippen LogP contribution in [0.15, 0.2) is 24.3 Å². The summed E-state index contributed by atoms with van der Waals surface area (Å²) in [6.45, 7) is 4.38. The van der Waals surface area contributed by atoms with Crippen molar-refractivity contribution in [3.63, 3.8) is 0 Å². The summed E-state index contributed by atoms with van der Waals surface area (Å²) in [5.41, 5.74) is 2.56. The van der Waals surface area contributed by atoms with E-state index >= 15 is 0 Å². The Morgan fingerprint density at radius 3 is 2.71 bits per heavy atom. The number of aryl methyl sites for hydroxylation is 1. The average molecular weight is 190 g/mol. The van der Waals surface area contributed by atoms with Crippen LogP contribution >= 0.6 is 0 Å². The highest BCUT2D eigenvalue weighted by Gasteiger charge is 2.11. The van der Waals surface area contributed by atoms with Gasteiger partial charge in [-0.15, -0.1) is 0 Å². The second-order valence-electron chi connectivity index (χ2n) is 4.05. The van der Waals surface area contributed by atoms with Gasteiger partial charge in [0.2, 0.25) is 0 Å². The zero-order valence-corrected chi connectivity index (χ0v) is 8.72. The van der Waals surface area contributed by atoms with E-state index < -0.39 is 0 Å². The Morgan fingerprint density at radius 1 is 1.29 bits per heavy atom.